The van der Waals surface area contributed by atoms with Crippen molar-refractivity contribution < 1.29 is 0 Å². The Hall–Kier alpha value is -1.79. The van der Waals surface area contributed by atoms with Crippen molar-refractivity contribution in [1.29, 1.82) is 0 Å². The summed E-state index contributed by atoms with van der Waals surface area (Å²) in [6.45, 7) is 4.18. The standard InChI is InChI=1S/C14H14N4S2/c1-3-10-11(12-16-14(19)18-17-12)20-13(15-10)9-6-4-8(2)5-7-9/h4-7H,3H2,1-2H3,(H2,16,17,18,19). The largest absolute Gasteiger partial charge is 0.281 e. The Morgan fingerprint density at radius 3 is 2.50 bits per heavy atom. The van der Waals surface area contributed by atoms with Gasteiger partial charge in [-0.25, -0.2) is 4.98 Å². The lowest BCUT2D eigenvalue weighted by atomic mass is 10.2. The Morgan fingerprint density at radius 1 is 1.15 bits per heavy atom. The van der Waals surface area contributed by atoms with E-state index in [1.807, 2.05) is 0 Å². The molecule has 0 saturated heterocycles. The molecule has 102 valence electrons. The molecule has 0 radical (unpaired) electrons. The third-order valence-electron chi connectivity index (χ3n) is 3.05. The first kappa shape index (κ1) is 13.2. The first-order chi connectivity index (χ1) is 9.67. The van der Waals surface area contributed by atoms with Gasteiger partial charge in [-0.1, -0.05) is 36.8 Å². The molecule has 0 saturated carbocycles. The summed E-state index contributed by atoms with van der Waals surface area (Å²) < 4.78 is 0.465. The van der Waals surface area contributed by atoms with Crippen molar-refractivity contribution >= 4 is 23.6 Å². The summed E-state index contributed by atoms with van der Waals surface area (Å²) in [6.07, 6.45) is 0.866. The molecule has 0 fully saturated rings. The van der Waals surface area contributed by atoms with Gasteiger partial charge >= 0.3 is 0 Å². The van der Waals surface area contributed by atoms with Crippen LogP contribution in [0.1, 0.15) is 18.2 Å². The van der Waals surface area contributed by atoms with E-state index < -0.39 is 0 Å². The second-order valence-corrected chi connectivity index (χ2v) is 5.92. The van der Waals surface area contributed by atoms with Gasteiger partial charge in [0.25, 0.3) is 0 Å². The van der Waals surface area contributed by atoms with Crippen LogP contribution >= 0.6 is 23.6 Å². The molecule has 0 unspecified atom stereocenters. The summed E-state index contributed by atoms with van der Waals surface area (Å²) in [5.41, 5.74) is 3.43. The molecule has 2 aromatic heterocycles. The van der Waals surface area contributed by atoms with E-state index in [9.17, 15) is 0 Å². The van der Waals surface area contributed by atoms with Crippen LogP contribution in [0.3, 0.4) is 0 Å². The van der Waals surface area contributed by atoms with Gasteiger partial charge in [0, 0.05) is 5.56 Å². The Labute approximate surface area is 125 Å². The zero-order chi connectivity index (χ0) is 14.1. The molecule has 0 atom stereocenters. The third kappa shape index (κ3) is 2.44. The number of hydrogen-bond donors (Lipinski definition) is 2. The van der Waals surface area contributed by atoms with Crippen LogP contribution in [0, 0.1) is 11.7 Å². The molecule has 0 aliphatic rings. The van der Waals surface area contributed by atoms with E-state index in [2.05, 4.69) is 53.3 Å². The SMILES string of the molecule is CCc1nc(-c2ccc(C)cc2)sc1-c1nc(=S)[nH][nH]1. The molecule has 0 spiro atoms. The van der Waals surface area contributed by atoms with Crippen LogP contribution in [-0.2, 0) is 6.42 Å². The highest BCUT2D eigenvalue weighted by molar-refractivity contribution is 7.71. The fourth-order valence-electron chi connectivity index (χ4n) is 1.97. The van der Waals surface area contributed by atoms with Gasteiger partial charge in [0.05, 0.1) is 10.6 Å². The van der Waals surface area contributed by atoms with Crippen molar-refractivity contribution in [2.45, 2.75) is 20.3 Å². The number of H-pyrrole nitrogens is 2. The maximum atomic E-state index is 5.01. The van der Waals surface area contributed by atoms with E-state index in [4.69, 9.17) is 17.2 Å². The molecule has 0 aliphatic heterocycles. The van der Waals surface area contributed by atoms with E-state index in [0.29, 0.717) is 4.77 Å². The molecule has 2 N–H and O–H groups in total. The predicted molar refractivity (Wildman–Crippen MR) is 84.4 cm³/mol. The molecule has 4 nitrogen and oxygen atoms in total. The lowest BCUT2D eigenvalue weighted by molar-refractivity contribution is 1.05. The zero-order valence-corrected chi connectivity index (χ0v) is 12.9. The molecule has 3 rings (SSSR count). The van der Waals surface area contributed by atoms with E-state index in [1.165, 1.54) is 5.56 Å². The van der Waals surface area contributed by atoms with E-state index in [1.54, 1.807) is 11.3 Å². The average Bonchev–Trinajstić information content (AvgIpc) is 3.05. The minimum absolute atomic E-state index is 0.465. The van der Waals surface area contributed by atoms with Crippen LogP contribution in [0.2, 0.25) is 0 Å². The number of benzene rings is 1. The molecule has 0 aliphatic carbocycles. The van der Waals surface area contributed by atoms with Crippen molar-refractivity contribution in [3.63, 3.8) is 0 Å². The number of rotatable bonds is 3. The van der Waals surface area contributed by atoms with Crippen LogP contribution < -0.4 is 0 Å². The Morgan fingerprint density at radius 2 is 1.90 bits per heavy atom. The Balaban J connectivity index is 2.08. The normalized spacial score (nSPS) is 10.9. The maximum absolute atomic E-state index is 5.01. The van der Waals surface area contributed by atoms with Crippen LogP contribution in [0.4, 0.5) is 0 Å². The molecule has 0 bridgehead atoms. The molecule has 0 amide bonds. The maximum Gasteiger partial charge on any atom is 0.213 e. The number of hydrogen-bond acceptors (Lipinski definition) is 4. The molecule has 3 aromatic rings. The summed E-state index contributed by atoms with van der Waals surface area (Å²) in [4.78, 5) is 10.1. The Bertz CT molecular complexity index is 780. The van der Waals surface area contributed by atoms with Crippen molar-refractivity contribution in [3.8, 4) is 21.3 Å². The molecular formula is C14H14N4S2. The third-order valence-corrected chi connectivity index (χ3v) is 4.39. The highest BCUT2D eigenvalue weighted by Crippen LogP contribution is 2.34. The zero-order valence-electron chi connectivity index (χ0n) is 11.2. The van der Waals surface area contributed by atoms with Gasteiger partial charge in [-0.2, -0.15) is 4.98 Å². The lowest BCUT2D eigenvalue weighted by Gasteiger charge is -1.96. The van der Waals surface area contributed by atoms with Crippen molar-refractivity contribution in [2.24, 2.45) is 0 Å². The summed E-state index contributed by atoms with van der Waals surface area (Å²) in [5.74, 6) is 0.766. The summed E-state index contributed by atoms with van der Waals surface area (Å²) in [6, 6.07) is 8.41. The average molecular weight is 302 g/mol. The van der Waals surface area contributed by atoms with Crippen LogP contribution in [-0.4, -0.2) is 20.2 Å². The number of thiazole rings is 1. The minimum atomic E-state index is 0.465. The smallest absolute Gasteiger partial charge is 0.213 e. The van der Waals surface area contributed by atoms with Crippen LogP contribution in [0.15, 0.2) is 24.3 Å². The minimum Gasteiger partial charge on any atom is -0.281 e. The van der Waals surface area contributed by atoms with E-state index >= 15 is 0 Å². The summed E-state index contributed by atoms with van der Waals surface area (Å²) in [5, 5.41) is 6.85. The molecule has 1 aromatic carbocycles. The second-order valence-electron chi connectivity index (χ2n) is 4.53. The van der Waals surface area contributed by atoms with Gasteiger partial charge < -0.3 is 0 Å². The van der Waals surface area contributed by atoms with Gasteiger partial charge in [0.15, 0.2) is 5.82 Å². The molecular weight excluding hydrogens is 288 g/mol. The molecule has 6 heteroatoms. The van der Waals surface area contributed by atoms with Crippen LogP contribution in [0.25, 0.3) is 21.3 Å². The number of nitrogens with one attached hydrogen (secondary N) is 2. The number of aromatic nitrogens is 4. The van der Waals surface area contributed by atoms with Gasteiger partial charge in [-0.3, -0.25) is 10.2 Å². The number of nitrogens with zero attached hydrogens (tertiary/aromatic N) is 2. The van der Waals surface area contributed by atoms with E-state index in [0.717, 1.165) is 33.4 Å². The molecule has 2 heterocycles. The van der Waals surface area contributed by atoms with Crippen molar-refractivity contribution in [3.05, 3.63) is 40.3 Å². The highest BCUT2D eigenvalue weighted by Gasteiger charge is 2.15. The van der Waals surface area contributed by atoms with Gasteiger partial charge in [-0.05, 0) is 25.6 Å². The van der Waals surface area contributed by atoms with Gasteiger partial charge in [-0.15, -0.1) is 11.3 Å². The predicted octanol–water partition coefficient (Wildman–Crippen LogP) is 4.13. The monoisotopic (exact) mass is 302 g/mol. The van der Waals surface area contributed by atoms with Gasteiger partial charge in [0.1, 0.15) is 5.01 Å². The topological polar surface area (TPSA) is 57.4 Å². The summed E-state index contributed by atoms with van der Waals surface area (Å²) in [7, 11) is 0. The fourth-order valence-corrected chi connectivity index (χ4v) is 3.22. The fraction of sp³-hybridized carbons (Fsp3) is 0.214. The lowest BCUT2D eigenvalue weighted by Crippen LogP contribution is -1.86. The van der Waals surface area contributed by atoms with Crippen molar-refractivity contribution in [2.75, 3.05) is 0 Å². The van der Waals surface area contributed by atoms with Gasteiger partial charge in [0.2, 0.25) is 4.77 Å². The quantitative estimate of drug-likeness (QED) is 0.715. The highest BCUT2D eigenvalue weighted by atomic mass is 32.1. The number of aryl methyl sites for hydroxylation is 2. The van der Waals surface area contributed by atoms with Crippen molar-refractivity contribution in [1.82, 2.24) is 20.2 Å². The number of aromatic amines is 2. The Kier molecular flexibility index (Phi) is 3.50. The first-order valence-electron chi connectivity index (χ1n) is 6.39. The second kappa shape index (κ2) is 5.30. The summed E-state index contributed by atoms with van der Waals surface area (Å²) >= 11 is 6.65. The van der Waals surface area contributed by atoms with E-state index in [-0.39, 0.29) is 0 Å². The first-order valence-corrected chi connectivity index (χ1v) is 7.61. The van der Waals surface area contributed by atoms with Crippen LogP contribution in [0.5, 0.6) is 0 Å². The molecule has 20 heavy (non-hydrogen) atoms.